The molecule has 0 fully saturated rings. The third-order valence-electron chi connectivity index (χ3n) is 4.02. The van der Waals surface area contributed by atoms with Crippen molar-refractivity contribution in [3.63, 3.8) is 0 Å². The molecule has 6 nitrogen and oxygen atoms in total. The van der Waals surface area contributed by atoms with E-state index in [1.165, 1.54) is 12.1 Å². The molecule has 25 heavy (non-hydrogen) atoms. The molecule has 2 aromatic heterocycles. The molecule has 3 rings (SSSR count). The van der Waals surface area contributed by atoms with E-state index in [9.17, 15) is 9.18 Å². The number of hydrogen-bond acceptors (Lipinski definition) is 5. The van der Waals surface area contributed by atoms with Gasteiger partial charge in [0.1, 0.15) is 5.82 Å². The van der Waals surface area contributed by atoms with Crippen molar-refractivity contribution in [1.29, 1.82) is 0 Å². The fourth-order valence-corrected chi connectivity index (χ4v) is 2.49. The Morgan fingerprint density at radius 2 is 2.08 bits per heavy atom. The van der Waals surface area contributed by atoms with Gasteiger partial charge in [-0.3, -0.25) is 4.79 Å². The smallest absolute Gasteiger partial charge is 0.259 e. The van der Waals surface area contributed by atoms with Crippen LogP contribution in [-0.2, 0) is 0 Å². The van der Waals surface area contributed by atoms with Gasteiger partial charge in [0, 0.05) is 12.1 Å². The second kappa shape index (κ2) is 6.98. The van der Waals surface area contributed by atoms with Crippen molar-refractivity contribution in [3.8, 4) is 11.3 Å². The highest BCUT2D eigenvalue weighted by Gasteiger charge is 2.19. The lowest BCUT2D eigenvalue weighted by atomic mass is 10.0. The summed E-state index contributed by atoms with van der Waals surface area (Å²) in [6.45, 7) is 4.66. The quantitative estimate of drug-likeness (QED) is 0.743. The van der Waals surface area contributed by atoms with Crippen LogP contribution in [0.2, 0.25) is 0 Å². The summed E-state index contributed by atoms with van der Waals surface area (Å²) in [5.74, 6) is -0.419. The molecule has 1 amide bonds. The third-order valence-corrected chi connectivity index (χ3v) is 4.02. The molecule has 7 heteroatoms. The molecule has 1 aromatic carbocycles. The van der Waals surface area contributed by atoms with Gasteiger partial charge in [-0.15, -0.1) is 0 Å². The maximum absolute atomic E-state index is 13.2. The molecule has 0 saturated heterocycles. The van der Waals surface area contributed by atoms with Gasteiger partial charge in [0.05, 0.1) is 22.3 Å². The molecule has 0 aliphatic rings. The number of nitrogens with one attached hydrogen (secondary N) is 1. The number of amides is 1. The Labute approximate surface area is 144 Å². The van der Waals surface area contributed by atoms with Crippen molar-refractivity contribution in [1.82, 2.24) is 15.5 Å². The second-order valence-electron chi connectivity index (χ2n) is 6.06. The van der Waals surface area contributed by atoms with E-state index in [0.717, 1.165) is 0 Å². The van der Waals surface area contributed by atoms with Crippen LogP contribution >= 0.6 is 0 Å². The van der Waals surface area contributed by atoms with Crippen molar-refractivity contribution in [2.45, 2.75) is 13.8 Å². The van der Waals surface area contributed by atoms with Crippen LogP contribution < -0.4 is 11.1 Å². The predicted octanol–water partition coefficient (Wildman–Crippen LogP) is 2.66. The molecule has 0 saturated carbocycles. The van der Waals surface area contributed by atoms with E-state index in [2.05, 4.69) is 15.5 Å². The van der Waals surface area contributed by atoms with E-state index >= 15 is 0 Å². The zero-order valence-electron chi connectivity index (χ0n) is 14.0. The summed E-state index contributed by atoms with van der Waals surface area (Å²) in [6, 6.07) is 7.56. The molecule has 0 aliphatic heterocycles. The Balaban J connectivity index is 2.04. The van der Waals surface area contributed by atoms with E-state index < -0.39 is 0 Å². The lowest BCUT2D eigenvalue weighted by Crippen LogP contribution is -2.31. The molecule has 3 N–H and O–H groups in total. The van der Waals surface area contributed by atoms with Crippen LogP contribution in [0.3, 0.4) is 0 Å². The molecule has 3 aromatic rings. The molecular formula is C18H19FN4O2. The standard InChI is InChI=1S/C18H19FN4O2/c1-10(8-20)9-21-17(24)14-7-15(12-3-5-13(19)6-4-12)22-18-16(14)11(2)23-25-18/h3-7,10H,8-9,20H2,1-2H3,(H,21,24). The summed E-state index contributed by atoms with van der Waals surface area (Å²) in [5.41, 5.74) is 8.07. The van der Waals surface area contributed by atoms with Crippen molar-refractivity contribution < 1.29 is 13.7 Å². The van der Waals surface area contributed by atoms with Crippen LogP contribution in [0.25, 0.3) is 22.4 Å². The van der Waals surface area contributed by atoms with E-state index in [-0.39, 0.29) is 23.4 Å². The lowest BCUT2D eigenvalue weighted by molar-refractivity contribution is 0.0950. The number of halogens is 1. The van der Waals surface area contributed by atoms with Gasteiger partial charge in [-0.25, -0.2) is 9.37 Å². The number of benzene rings is 1. The number of pyridine rings is 1. The third kappa shape index (κ3) is 3.51. The van der Waals surface area contributed by atoms with Crippen molar-refractivity contribution >= 4 is 17.0 Å². The van der Waals surface area contributed by atoms with Crippen LogP contribution in [0.15, 0.2) is 34.9 Å². The number of nitrogens with zero attached hydrogens (tertiary/aromatic N) is 2. The number of nitrogens with two attached hydrogens (primary N) is 1. The van der Waals surface area contributed by atoms with Crippen LogP contribution in [0, 0.1) is 18.7 Å². The number of rotatable bonds is 5. The van der Waals surface area contributed by atoms with Gasteiger partial charge < -0.3 is 15.6 Å². The number of fused-ring (bicyclic) bond motifs is 1. The van der Waals surface area contributed by atoms with Gasteiger partial charge in [-0.2, -0.15) is 0 Å². The highest BCUT2D eigenvalue weighted by atomic mass is 19.1. The summed E-state index contributed by atoms with van der Waals surface area (Å²) in [5, 5.41) is 7.34. The Morgan fingerprint density at radius 1 is 1.36 bits per heavy atom. The molecule has 0 aliphatic carbocycles. The van der Waals surface area contributed by atoms with Crippen LogP contribution in [-0.4, -0.2) is 29.1 Å². The minimum Gasteiger partial charge on any atom is -0.352 e. The maximum Gasteiger partial charge on any atom is 0.259 e. The van der Waals surface area contributed by atoms with Crippen molar-refractivity contribution in [2.75, 3.05) is 13.1 Å². The fraction of sp³-hybridized carbons (Fsp3) is 0.278. The molecule has 1 unspecified atom stereocenters. The van der Waals surface area contributed by atoms with E-state index in [1.807, 2.05) is 6.92 Å². The molecule has 2 heterocycles. The van der Waals surface area contributed by atoms with Crippen molar-refractivity contribution in [3.05, 3.63) is 47.4 Å². The zero-order chi connectivity index (χ0) is 18.0. The van der Waals surface area contributed by atoms with Gasteiger partial charge in [-0.1, -0.05) is 12.1 Å². The van der Waals surface area contributed by atoms with Gasteiger partial charge in [0.25, 0.3) is 11.6 Å². The highest BCUT2D eigenvalue weighted by Crippen LogP contribution is 2.27. The van der Waals surface area contributed by atoms with Gasteiger partial charge >= 0.3 is 0 Å². The number of carbonyl (C=O) groups excluding carboxylic acids is 1. The summed E-state index contributed by atoms with van der Waals surface area (Å²) in [6.07, 6.45) is 0. The first-order chi connectivity index (χ1) is 12.0. The topological polar surface area (TPSA) is 94.0 Å². The first-order valence-electron chi connectivity index (χ1n) is 8.00. The van der Waals surface area contributed by atoms with Gasteiger partial charge in [0.2, 0.25) is 0 Å². The highest BCUT2D eigenvalue weighted by molar-refractivity contribution is 6.07. The number of aromatic nitrogens is 2. The fourth-order valence-electron chi connectivity index (χ4n) is 2.49. The Kier molecular flexibility index (Phi) is 4.76. The second-order valence-corrected chi connectivity index (χ2v) is 6.06. The number of aryl methyl sites for hydroxylation is 1. The molecule has 130 valence electrons. The van der Waals surface area contributed by atoms with Gasteiger partial charge in [0.15, 0.2) is 0 Å². The Morgan fingerprint density at radius 3 is 2.76 bits per heavy atom. The average molecular weight is 342 g/mol. The largest absolute Gasteiger partial charge is 0.352 e. The number of carbonyl (C=O) groups is 1. The van der Waals surface area contributed by atoms with E-state index in [0.29, 0.717) is 41.0 Å². The molecule has 0 spiro atoms. The SMILES string of the molecule is Cc1noc2nc(-c3ccc(F)cc3)cc(C(=O)NCC(C)CN)c12. The Bertz CT molecular complexity index is 905. The van der Waals surface area contributed by atoms with Crippen LogP contribution in [0.1, 0.15) is 23.0 Å². The number of hydrogen-bond donors (Lipinski definition) is 2. The average Bonchev–Trinajstić information content (AvgIpc) is 3.00. The summed E-state index contributed by atoms with van der Waals surface area (Å²) < 4.78 is 18.4. The normalized spacial score (nSPS) is 12.3. The monoisotopic (exact) mass is 342 g/mol. The molecule has 0 bridgehead atoms. The molecular weight excluding hydrogens is 323 g/mol. The van der Waals surface area contributed by atoms with E-state index in [4.69, 9.17) is 10.3 Å². The lowest BCUT2D eigenvalue weighted by Gasteiger charge is -2.11. The minimum atomic E-state index is -0.339. The summed E-state index contributed by atoms with van der Waals surface area (Å²) >= 11 is 0. The van der Waals surface area contributed by atoms with Crippen molar-refractivity contribution in [2.24, 2.45) is 11.7 Å². The Hall–Kier alpha value is -2.80. The summed E-state index contributed by atoms with van der Waals surface area (Å²) in [4.78, 5) is 17.1. The predicted molar refractivity (Wildman–Crippen MR) is 92.5 cm³/mol. The first-order valence-corrected chi connectivity index (χ1v) is 8.00. The zero-order valence-corrected chi connectivity index (χ0v) is 14.0. The molecule has 0 radical (unpaired) electrons. The summed E-state index contributed by atoms with van der Waals surface area (Å²) in [7, 11) is 0. The van der Waals surface area contributed by atoms with E-state index in [1.54, 1.807) is 25.1 Å². The first kappa shape index (κ1) is 17.0. The van der Waals surface area contributed by atoms with Crippen LogP contribution in [0.4, 0.5) is 4.39 Å². The minimum absolute atomic E-state index is 0.168. The maximum atomic E-state index is 13.2. The van der Waals surface area contributed by atoms with Gasteiger partial charge in [-0.05, 0) is 49.7 Å². The van der Waals surface area contributed by atoms with Crippen LogP contribution in [0.5, 0.6) is 0 Å². The molecule has 1 atom stereocenters.